The first-order chi connectivity index (χ1) is 20.5. The molecule has 1 aliphatic heterocycles. The molecule has 3 aliphatic rings. The summed E-state index contributed by atoms with van der Waals surface area (Å²) in [4.78, 5) is 40.8. The van der Waals surface area contributed by atoms with E-state index in [0.717, 1.165) is 49.0 Å². The molecule has 9 heteroatoms. The van der Waals surface area contributed by atoms with Crippen molar-refractivity contribution >= 4 is 17.7 Å². The molecule has 0 radical (unpaired) electrons. The second-order valence-corrected chi connectivity index (χ2v) is 14.0. The molecule has 4 atom stereocenters. The Morgan fingerprint density at radius 1 is 1.09 bits per heavy atom. The van der Waals surface area contributed by atoms with Crippen LogP contribution >= 0.6 is 0 Å². The van der Waals surface area contributed by atoms with Crippen molar-refractivity contribution in [1.82, 2.24) is 20.2 Å². The molecule has 1 saturated heterocycles. The first kappa shape index (κ1) is 31.2. The quantitative estimate of drug-likeness (QED) is 0.391. The van der Waals surface area contributed by atoms with Crippen molar-refractivity contribution in [2.75, 3.05) is 26.1 Å². The van der Waals surface area contributed by atoms with Crippen LogP contribution in [0.15, 0.2) is 30.6 Å². The van der Waals surface area contributed by atoms with Crippen LogP contribution in [0.1, 0.15) is 101 Å². The lowest BCUT2D eigenvalue weighted by Gasteiger charge is -2.36. The van der Waals surface area contributed by atoms with Gasteiger partial charge in [-0.05, 0) is 54.7 Å². The normalized spacial score (nSPS) is 24.9. The lowest BCUT2D eigenvalue weighted by atomic mass is 9.72. The van der Waals surface area contributed by atoms with Gasteiger partial charge in [0.25, 0.3) is 0 Å². The Balaban J connectivity index is 1.62. The number of methoxy groups -OCH3 is 1. The van der Waals surface area contributed by atoms with E-state index in [1.54, 1.807) is 18.2 Å². The number of likely N-dealkylation sites (tertiary alicyclic amines) is 1. The number of carboxylic acid groups (broad SMARTS) is 1. The number of nitrogens with zero attached hydrogens (tertiary/aromatic N) is 4. The van der Waals surface area contributed by atoms with Crippen LogP contribution < -0.4 is 15.0 Å². The zero-order valence-electron chi connectivity index (χ0n) is 26.7. The lowest BCUT2D eigenvalue weighted by Crippen LogP contribution is -2.49. The number of hydrogen-bond donors (Lipinski definition) is 2. The predicted molar refractivity (Wildman–Crippen MR) is 167 cm³/mol. The molecule has 2 aromatic rings. The number of nitrogens with one attached hydrogen (secondary N) is 1. The largest absolute Gasteiger partial charge is 0.481 e. The molecule has 43 heavy (non-hydrogen) atoms. The fourth-order valence-corrected chi connectivity index (χ4v) is 7.65. The van der Waals surface area contributed by atoms with E-state index in [-0.39, 0.29) is 23.8 Å². The van der Waals surface area contributed by atoms with Gasteiger partial charge >= 0.3 is 5.97 Å². The van der Waals surface area contributed by atoms with Crippen LogP contribution in [0, 0.1) is 17.3 Å². The topological polar surface area (TPSA) is 108 Å². The van der Waals surface area contributed by atoms with Crippen molar-refractivity contribution in [1.29, 1.82) is 0 Å². The van der Waals surface area contributed by atoms with E-state index >= 15 is 0 Å². The summed E-state index contributed by atoms with van der Waals surface area (Å²) in [6.07, 6.45) is 12.0. The standard InChI is InChI=1S/C34H49N5O4/c1-34(2,3)26-27(36-20-24-18-23(21-14-10-15-21)19-37-31(24)43-6)28(25-16-11-17-35-30(25)38(4)5)39(29(26)33(41)42)32(40)22-12-8-7-9-13-22/h11,16-19,21-22,26-29,36H,7-10,12-15,20H2,1-6H3,(H,41,42)/t26-,27-,28-,29-/m0/s1. The molecular formula is C34H49N5O4. The van der Waals surface area contributed by atoms with Crippen LogP contribution in [0.3, 0.4) is 0 Å². The molecule has 234 valence electrons. The number of aliphatic carboxylic acids is 1. The van der Waals surface area contributed by atoms with Gasteiger partial charge in [-0.1, -0.05) is 52.5 Å². The summed E-state index contributed by atoms with van der Waals surface area (Å²) in [6, 6.07) is 4.24. The van der Waals surface area contributed by atoms with Gasteiger partial charge in [-0.25, -0.2) is 14.8 Å². The summed E-state index contributed by atoms with van der Waals surface area (Å²) in [6.45, 7) is 6.70. The Morgan fingerprint density at radius 3 is 2.40 bits per heavy atom. The summed E-state index contributed by atoms with van der Waals surface area (Å²) in [7, 11) is 5.51. The molecule has 0 unspecified atom stereocenters. The molecule has 9 nitrogen and oxygen atoms in total. The van der Waals surface area contributed by atoms with E-state index in [2.05, 4.69) is 37.1 Å². The van der Waals surface area contributed by atoms with Gasteiger partial charge < -0.3 is 25.0 Å². The van der Waals surface area contributed by atoms with E-state index < -0.39 is 23.5 Å². The third-order valence-corrected chi connectivity index (χ3v) is 9.93. The van der Waals surface area contributed by atoms with Crippen molar-refractivity contribution in [3.05, 3.63) is 47.3 Å². The number of rotatable bonds is 9. The van der Waals surface area contributed by atoms with Crippen LogP contribution in [-0.2, 0) is 16.1 Å². The molecule has 0 spiro atoms. The van der Waals surface area contributed by atoms with Crippen LogP contribution in [0.5, 0.6) is 5.88 Å². The average molecular weight is 592 g/mol. The maximum atomic E-state index is 14.5. The lowest BCUT2D eigenvalue weighted by molar-refractivity contribution is -0.154. The summed E-state index contributed by atoms with van der Waals surface area (Å²) >= 11 is 0. The highest BCUT2D eigenvalue weighted by Gasteiger charge is 2.59. The smallest absolute Gasteiger partial charge is 0.326 e. The van der Waals surface area contributed by atoms with Gasteiger partial charge in [0.15, 0.2) is 0 Å². The van der Waals surface area contributed by atoms with Crippen LogP contribution in [0.4, 0.5) is 5.82 Å². The number of aromatic nitrogens is 2. The van der Waals surface area contributed by atoms with Crippen LogP contribution in [-0.4, -0.2) is 65.1 Å². The minimum atomic E-state index is -0.978. The molecule has 2 aliphatic carbocycles. The van der Waals surface area contributed by atoms with E-state index in [0.29, 0.717) is 18.3 Å². The maximum absolute atomic E-state index is 14.5. The molecule has 3 fully saturated rings. The molecule has 1 amide bonds. The highest BCUT2D eigenvalue weighted by molar-refractivity contribution is 5.87. The number of hydrogen-bond acceptors (Lipinski definition) is 7. The summed E-state index contributed by atoms with van der Waals surface area (Å²) in [5, 5.41) is 14.6. The van der Waals surface area contributed by atoms with Gasteiger partial charge in [0.05, 0.1) is 13.2 Å². The minimum absolute atomic E-state index is 0.0459. The van der Waals surface area contributed by atoms with Gasteiger partial charge in [0.1, 0.15) is 11.9 Å². The van der Waals surface area contributed by atoms with Crippen LogP contribution in [0.25, 0.3) is 0 Å². The van der Waals surface area contributed by atoms with E-state index in [9.17, 15) is 14.7 Å². The third kappa shape index (κ3) is 6.24. The SMILES string of the molecule is COc1ncc(C2CCC2)cc1CN[C@H]1[C@H](C(C)(C)C)[C@@H](C(=O)O)N(C(=O)C2CCCCC2)[C@H]1c1cccnc1N(C)C. The first-order valence-corrected chi connectivity index (χ1v) is 16.0. The highest BCUT2D eigenvalue weighted by atomic mass is 16.5. The molecule has 3 heterocycles. The number of carbonyl (C=O) groups is 2. The van der Waals surface area contributed by atoms with E-state index in [1.807, 2.05) is 37.3 Å². The maximum Gasteiger partial charge on any atom is 0.326 e. The Kier molecular flexibility index (Phi) is 9.30. The van der Waals surface area contributed by atoms with Gasteiger partial charge in [-0.15, -0.1) is 0 Å². The number of anilines is 1. The monoisotopic (exact) mass is 591 g/mol. The second kappa shape index (κ2) is 12.8. The van der Waals surface area contributed by atoms with Crippen molar-refractivity contribution < 1.29 is 19.4 Å². The number of ether oxygens (including phenoxy) is 1. The van der Waals surface area contributed by atoms with Crippen molar-refractivity contribution in [3.63, 3.8) is 0 Å². The number of carboxylic acids is 1. The van der Waals surface area contributed by atoms with E-state index in [4.69, 9.17) is 9.72 Å². The van der Waals surface area contributed by atoms with E-state index in [1.165, 1.54) is 24.8 Å². The zero-order chi connectivity index (χ0) is 30.9. The Hall–Kier alpha value is -3.20. The average Bonchev–Trinajstić information content (AvgIpc) is 3.31. The highest BCUT2D eigenvalue weighted by Crippen LogP contribution is 2.50. The van der Waals surface area contributed by atoms with Gasteiger partial charge in [0.2, 0.25) is 11.8 Å². The molecule has 2 saturated carbocycles. The number of carbonyl (C=O) groups excluding carboxylic acids is 1. The Morgan fingerprint density at radius 2 is 1.81 bits per heavy atom. The molecule has 0 bridgehead atoms. The van der Waals surface area contributed by atoms with Crippen molar-refractivity contribution in [3.8, 4) is 5.88 Å². The second-order valence-electron chi connectivity index (χ2n) is 14.0. The molecule has 2 aromatic heterocycles. The van der Waals surface area contributed by atoms with Crippen LogP contribution in [0.2, 0.25) is 0 Å². The molecular weight excluding hydrogens is 542 g/mol. The molecule has 5 rings (SSSR count). The summed E-state index contributed by atoms with van der Waals surface area (Å²) in [5.41, 5.74) is 2.61. The minimum Gasteiger partial charge on any atom is -0.481 e. The third-order valence-electron chi connectivity index (χ3n) is 9.93. The van der Waals surface area contributed by atoms with Gasteiger partial charge in [0, 0.05) is 62.0 Å². The van der Waals surface area contributed by atoms with Gasteiger partial charge in [-0.3, -0.25) is 4.79 Å². The predicted octanol–water partition coefficient (Wildman–Crippen LogP) is 5.56. The summed E-state index contributed by atoms with van der Waals surface area (Å²) in [5.74, 6) is 0.294. The number of amides is 1. The fourth-order valence-electron chi connectivity index (χ4n) is 7.65. The Bertz CT molecular complexity index is 1300. The van der Waals surface area contributed by atoms with Crippen molar-refractivity contribution in [2.24, 2.45) is 17.3 Å². The molecule has 2 N–H and O–H groups in total. The fraction of sp³-hybridized carbons (Fsp3) is 0.647. The van der Waals surface area contributed by atoms with Crippen molar-refractivity contribution in [2.45, 2.75) is 103 Å². The molecule has 0 aromatic carbocycles. The Labute approximate surface area is 256 Å². The zero-order valence-corrected chi connectivity index (χ0v) is 26.7. The number of pyridine rings is 2. The van der Waals surface area contributed by atoms with Gasteiger partial charge in [-0.2, -0.15) is 0 Å². The first-order valence-electron chi connectivity index (χ1n) is 16.0. The summed E-state index contributed by atoms with van der Waals surface area (Å²) < 4.78 is 5.67.